The average Bonchev–Trinajstić information content (AvgIpc) is 3.88. The van der Waals surface area contributed by atoms with Gasteiger partial charge in [-0.2, -0.15) is 8.78 Å². The standard InChI is InChI=1S/C30H27Cl2F2NO6/c31-23-12-35-13-24(32)22(23)11-27(19-7-8-25(41-30(33)34)28(9-19)39-16-18-3-4-18)40-29(37)20-5-6-21(14-36)26(10-20)38-15-17-1-2-17/h5-10,12-14,17-18,27,30H,1-4,11,15-16H2. The summed E-state index contributed by atoms with van der Waals surface area (Å²) in [6, 6.07) is 8.83. The highest BCUT2D eigenvalue weighted by Crippen LogP contribution is 2.38. The third kappa shape index (κ3) is 7.86. The van der Waals surface area contributed by atoms with Crippen LogP contribution in [-0.4, -0.2) is 37.1 Å². The van der Waals surface area contributed by atoms with Crippen molar-refractivity contribution in [1.82, 2.24) is 4.98 Å². The molecule has 0 aliphatic heterocycles. The lowest BCUT2D eigenvalue weighted by molar-refractivity contribution is -0.0515. The molecule has 0 bridgehead atoms. The molecule has 7 nitrogen and oxygen atoms in total. The molecule has 1 heterocycles. The molecule has 2 saturated carbocycles. The van der Waals surface area contributed by atoms with E-state index in [0.29, 0.717) is 53.8 Å². The van der Waals surface area contributed by atoms with Gasteiger partial charge >= 0.3 is 12.6 Å². The van der Waals surface area contributed by atoms with Crippen molar-refractivity contribution in [1.29, 1.82) is 0 Å². The van der Waals surface area contributed by atoms with Crippen molar-refractivity contribution >= 4 is 35.5 Å². The van der Waals surface area contributed by atoms with Gasteiger partial charge in [0.05, 0.1) is 34.4 Å². The number of ether oxygens (including phenoxy) is 4. The van der Waals surface area contributed by atoms with E-state index in [-0.39, 0.29) is 33.5 Å². The second kappa shape index (κ2) is 13.0. The molecule has 0 N–H and O–H groups in total. The lowest BCUT2D eigenvalue weighted by Gasteiger charge is -2.22. The van der Waals surface area contributed by atoms with Gasteiger partial charge in [-0.15, -0.1) is 0 Å². The number of rotatable bonds is 14. The van der Waals surface area contributed by atoms with E-state index in [2.05, 4.69) is 9.72 Å². The molecule has 0 amide bonds. The molecular weight excluding hydrogens is 579 g/mol. The molecule has 0 radical (unpaired) electrons. The van der Waals surface area contributed by atoms with Gasteiger partial charge in [-0.25, -0.2) is 4.79 Å². The van der Waals surface area contributed by atoms with Crippen LogP contribution in [0.25, 0.3) is 0 Å². The molecule has 1 aromatic heterocycles. The highest BCUT2D eigenvalue weighted by molar-refractivity contribution is 6.35. The zero-order valence-corrected chi connectivity index (χ0v) is 23.4. The Bertz CT molecular complexity index is 1390. The Morgan fingerprint density at radius 1 is 0.927 bits per heavy atom. The van der Waals surface area contributed by atoms with Crippen molar-refractivity contribution in [3.05, 3.63) is 81.1 Å². The normalized spacial score (nSPS) is 15.3. The van der Waals surface area contributed by atoms with Crippen LogP contribution in [0.15, 0.2) is 48.8 Å². The lowest BCUT2D eigenvalue weighted by atomic mass is 10.0. The number of nitrogens with zero attached hydrogens (tertiary/aromatic N) is 1. The Labute approximate surface area is 245 Å². The van der Waals surface area contributed by atoms with E-state index in [1.807, 2.05) is 0 Å². The molecular formula is C30H27Cl2F2NO6. The van der Waals surface area contributed by atoms with E-state index in [9.17, 15) is 18.4 Å². The zero-order valence-electron chi connectivity index (χ0n) is 21.9. The molecule has 216 valence electrons. The second-order valence-electron chi connectivity index (χ2n) is 10.1. The molecule has 0 saturated heterocycles. The summed E-state index contributed by atoms with van der Waals surface area (Å²) < 4.78 is 48.4. The van der Waals surface area contributed by atoms with Crippen LogP contribution >= 0.6 is 23.2 Å². The van der Waals surface area contributed by atoms with E-state index in [1.165, 1.54) is 48.8 Å². The van der Waals surface area contributed by atoms with Crippen molar-refractivity contribution in [2.45, 2.75) is 44.8 Å². The van der Waals surface area contributed by atoms with Crippen molar-refractivity contribution in [3.63, 3.8) is 0 Å². The molecule has 3 aromatic rings. The van der Waals surface area contributed by atoms with Gasteiger partial charge in [-0.3, -0.25) is 9.78 Å². The number of carbonyl (C=O) groups is 2. The van der Waals surface area contributed by atoms with Crippen molar-refractivity contribution in [3.8, 4) is 17.2 Å². The quantitative estimate of drug-likeness (QED) is 0.139. The molecule has 1 atom stereocenters. The maximum absolute atomic E-state index is 13.4. The molecule has 41 heavy (non-hydrogen) atoms. The Morgan fingerprint density at radius 2 is 1.59 bits per heavy atom. The summed E-state index contributed by atoms with van der Waals surface area (Å²) in [7, 11) is 0. The summed E-state index contributed by atoms with van der Waals surface area (Å²) >= 11 is 12.7. The highest BCUT2D eigenvalue weighted by Gasteiger charge is 2.27. The minimum atomic E-state index is -3.04. The third-order valence-electron chi connectivity index (χ3n) is 6.87. The van der Waals surface area contributed by atoms with Crippen LogP contribution < -0.4 is 14.2 Å². The summed E-state index contributed by atoms with van der Waals surface area (Å²) in [5.74, 6) is 0.371. The van der Waals surface area contributed by atoms with Gasteiger partial charge in [-0.05, 0) is 79.0 Å². The number of alkyl halides is 2. The fourth-order valence-corrected chi connectivity index (χ4v) is 4.66. The molecule has 11 heteroatoms. The monoisotopic (exact) mass is 605 g/mol. The predicted octanol–water partition coefficient (Wildman–Crippen LogP) is 7.52. The summed E-state index contributed by atoms with van der Waals surface area (Å²) in [4.78, 5) is 28.9. The number of hydrogen-bond acceptors (Lipinski definition) is 7. The predicted molar refractivity (Wildman–Crippen MR) is 147 cm³/mol. The SMILES string of the molecule is O=Cc1ccc(C(=O)OC(Cc2c(Cl)cncc2Cl)c2ccc(OC(F)F)c(OCC3CC3)c2)cc1OCC1CC1. The molecule has 2 aliphatic rings. The first-order valence-corrected chi connectivity index (χ1v) is 14.0. The van der Waals surface area contributed by atoms with E-state index >= 15 is 0 Å². The first kappa shape index (κ1) is 29.1. The number of hydrogen-bond donors (Lipinski definition) is 0. The summed E-state index contributed by atoms with van der Waals surface area (Å²) in [6.07, 6.45) is 6.74. The van der Waals surface area contributed by atoms with Crippen molar-refractivity contribution in [2.75, 3.05) is 13.2 Å². The first-order valence-electron chi connectivity index (χ1n) is 13.2. The number of esters is 1. The minimum absolute atomic E-state index is 0.0561. The Balaban J connectivity index is 1.45. The number of carbonyl (C=O) groups excluding carboxylic acids is 2. The fourth-order valence-electron chi connectivity index (χ4n) is 4.14. The number of aromatic nitrogens is 1. The summed E-state index contributed by atoms with van der Waals surface area (Å²) in [5, 5.41) is 0.542. The van der Waals surface area contributed by atoms with Crippen LogP contribution in [0.3, 0.4) is 0 Å². The number of aldehydes is 1. The summed E-state index contributed by atoms with van der Waals surface area (Å²) in [6.45, 7) is -2.24. The fraction of sp³-hybridized carbons (Fsp3) is 0.367. The van der Waals surface area contributed by atoms with Gasteiger partial charge in [0.15, 0.2) is 17.8 Å². The van der Waals surface area contributed by atoms with Crippen molar-refractivity contribution < 1.29 is 37.3 Å². The molecule has 5 rings (SSSR count). The van der Waals surface area contributed by atoms with Crippen LogP contribution in [-0.2, 0) is 11.2 Å². The largest absolute Gasteiger partial charge is 0.493 e. The Morgan fingerprint density at radius 3 is 2.20 bits per heavy atom. The smallest absolute Gasteiger partial charge is 0.387 e. The zero-order chi connectivity index (χ0) is 28.9. The van der Waals surface area contributed by atoms with Gasteiger partial charge in [-0.1, -0.05) is 29.3 Å². The van der Waals surface area contributed by atoms with Crippen LogP contribution in [0, 0.1) is 11.8 Å². The number of pyridine rings is 1. The maximum Gasteiger partial charge on any atom is 0.387 e. The molecule has 2 fully saturated rings. The number of benzene rings is 2. The van der Waals surface area contributed by atoms with E-state index in [1.54, 1.807) is 0 Å². The summed E-state index contributed by atoms with van der Waals surface area (Å²) in [5.41, 5.74) is 1.42. The minimum Gasteiger partial charge on any atom is -0.493 e. The topological polar surface area (TPSA) is 84.0 Å². The van der Waals surface area contributed by atoms with Gasteiger partial charge in [0, 0.05) is 18.8 Å². The molecule has 0 spiro atoms. The van der Waals surface area contributed by atoms with Gasteiger partial charge in [0.25, 0.3) is 0 Å². The lowest BCUT2D eigenvalue weighted by Crippen LogP contribution is -2.16. The van der Waals surface area contributed by atoms with Gasteiger partial charge < -0.3 is 18.9 Å². The number of halogens is 4. The van der Waals surface area contributed by atoms with Crippen LogP contribution in [0.1, 0.15) is 63.6 Å². The van der Waals surface area contributed by atoms with Crippen LogP contribution in [0.5, 0.6) is 17.2 Å². The van der Waals surface area contributed by atoms with E-state index < -0.39 is 18.7 Å². The van der Waals surface area contributed by atoms with Crippen LogP contribution in [0.4, 0.5) is 8.78 Å². The maximum atomic E-state index is 13.4. The van der Waals surface area contributed by atoms with Gasteiger partial charge in [0.2, 0.25) is 0 Å². The van der Waals surface area contributed by atoms with Crippen LogP contribution in [0.2, 0.25) is 10.0 Å². The average molecular weight is 606 g/mol. The van der Waals surface area contributed by atoms with Crippen molar-refractivity contribution in [2.24, 2.45) is 11.8 Å². The highest BCUT2D eigenvalue weighted by atomic mass is 35.5. The molecule has 1 unspecified atom stereocenters. The first-order chi connectivity index (χ1) is 19.8. The molecule has 2 aliphatic carbocycles. The van der Waals surface area contributed by atoms with E-state index in [0.717, 1.165) is 25.7 Å². The Hall–Kier alpha value is -3.43. The molecule has 2 aromatic carbocycles. The van der Waals surface area contributed by atoms with E-state index in [4.69, 9.17) is 37.4 Å². The van der Waals surface area contributed by atoms with Gasteiger partial charge in [0.1, 0.15) is 11.9 Å². The second-order valence-corrected chi connectivity index (χ2v) is 11.0. The third-order valence-corrected chi connectivity index (χ3v) is 7.52. The Kier molecular flexibility index (Phi) is 9.25.